The van der Waals surface area contributed by atoms with E-state index in [1.807, 2.05) is 0 Å². The highest BCUT2D eigenvalue weighted by atomic mass is 32.1. The summed E-state index contributed by atoms with van der Waals surface area (Å²) in [6.07, 6.45) is -2.20. The van der Waals surface area contributed by atoms with Crippen molar-refractivity contribution in [1.82, 2.24) is 0 Å². The van der Waals surface area contributed by atoms with Crippen molar-refractivity contribution in [2.45, 2.75) is 26.1 Å². The molecule has 0 fully saturated rings. The van der Waals surface area contributed by atoms with Gasteiger partial charge in [-0.3, -0.25) is 10.1 Å². The Hall–Kier alpha value is -1.11. The molecule has 0 aliphatic rings. The zero-order chi connectivity index (χ0) is 13.2. The molecule has 6 heteroatoms. The lowest BCUT2D eigenvalue weighted by molar-refractivity contribution is -0.385. The first-order valence-corrected chi connectivity index (χ1v) is 5.74. The van der Waals surface area contributed by atoms with Gasteiger partial charge in [0.25, 0.3) is 5.69 Å². The summed E-state index contributed by atoms with van der Waals surface area (Å²) in [7, 11) is 0. The molecule has 0 amide bonds. The number of nitro benzene ring substituents is 1. The van der Waals surface area contributed by atoms with E-state index in [9.17, 15) is 20.3 Å². The summed E-state index contributed by atoms with van der Waals surface area (Å²) in [6.45, 7) is 3.37. The SMILES string of the molecule is Cc1cc(C)c([N+](=O)[O-])cc1C(O)C(O)CS. The Labute approximate surface area is 105 Å². The summed E-state index contributed by atoms with van der Waals surface area (Å²) < 4.78 is 0. The van der Waals surface area contributed by atoms with Crippen LogP contribution in [0.5, 0.6) is 0 Å². The number of benzene rings is 1. The number of aliphatic hydroxyl groups excluding tert-OH is 2. The number of nitro groups is 1. The minimum atomic E-state index is -1.16. The highest BCUT2D eigenvalue weighted by Gasteiger charge is 2.22. The third-order valence-corrected chi connectivity index (χ3v) is 3.03. The van der Waals surface area contributed by atoms with Crippen LogP contribution in [0.3, 0.4) is 0 Å². The fourth-order valence-corrected chi connectivity index (χ4v) is 1.88. The molecule has 1 aromatic rings. The largest absolute Gasteiger partial charge is 0.389 e. The van der Waals surface area contributed by atoms with E-state index in [1.165, 1.54) is 6.07 Å². The highest BCUT2D eigenvalue weighted by Crippen LogP contribution is 2.28. The van der Waals surface area contributed by atoms with Gasteiger partial charge in [-0.2, -0.15) is 12.6 Å². The van der Waals surface area contributed by atoms with Crippen molar-refractivity contribution in [3.63, 3.8) is 0 Å². The van der Waals surface area contributed by atoms with Gasteiger partial charge in [-0.1, -0.05) is 0 Å². The van der Waals surface area contributed by atoms with Gasteiger partial charge in [0.15, 0.2) is 0 Å². The lowest BCUT2D eigenvalue weighted by Crippen LogP contribution is -2.20. The van der Waals surface area contributed by atoms with Gasteiger partial charge in [-0.05, 0) is 31.0 Å². The summed E-state index contributed by atoms with van der Waals surface area (Å²) >= 11 is 3.88. The van der Waals surface area contributed by atoms with Crippen molar-refractivity contribution in [1.29, 1.82) is 0 Å². The van der Waals surface area contributed by atoms with E-state index >= 15 is 0 Å². The average molecular weight is 257 g/mol. The van der Waals surface area contributed by atoms with Crippen LogP contribution < -0.4 is 0 Å². The van der Waals surface area contributed by atoms with Crippen molar-refractivity contribution in [3.05, 3.63) is 38.9 Å². The zero-order valence-corrected chi connectivity index (χ0v) is 10.5. The van der Waals surface area contributed by atoms with Gasteiger partial charge in [0.05, 0.1) is 11.0 Å². The van der Waals surface area contributed by atoms with Crippen LogP contribution in [-0.4, -0.2) is 27.0 Å². The van der Waals surface area contributed by atoms with Gasteiger partial charge in [-0.15, -0.1) is 0 Å². The Morgan fingerprint density at radius 2 is 1.94 bits per heavy atom. The smallest absolute Gasteiger partial charge is 0.272 e. The molecule has 0 heterocycles. The number of aryl methyl sites for hydroxylation is 2. The molecule has 0 aliphatic carbocycles. The van der Waals surface area contributed by atoms with Crippen molar-refractivity contribution in [2.75, 3.05) is 5.75 Å². The Kier molecular flexibility index (Phi) is 4.50. The monoisotopic (exact) mass is 257 g/mol. The fourth-order valence-electron chi connectivity index (χ4n) is 1.68. The molecule has 0 saturated carbocycles. The number of nitrogens with zero attached hydrogens (tertiary/aromatic N) is 1. The molecule has 0 aromatic heterocycles. The summed E-state index contributed by atoms with van der Waals surface area (Å²) in [5, 5.41) is 30.1. The summed E-state index contributed by atoms with van der Waals surface area (Å²) in [5.74, 6) is 0.0856. The average Bonchev–Trinajstić information content (AvgIpc) is 2.26. The maximum absolute atomic E-state index is 10.8. The second-order valence-corrected chi connectivity index (χ2v) is 4.31. The number of hydrogen-bond donors (Lipinski definition) is 3. The maximum Gasteiger partial charge on any atom is 0.272 e. The molecule has 0 saturated heterocycles. The fraction of sp³-hybridized carbons (Fsp3) is 0.455. The maximum atomic E-state index is 10.8. The van der Waals surface area contributed by atoms with Crippen molar-refractivity contribution in [2.24, 2.45) is 0 Å². The molecule has 94 valence electrons. The standard InChI is InChI=1S/C11H15NO4S/c1-6-3-7(2)9(12(15)16)4-8(6)11(14)10(13)5-17/h3-4,10-11,13-14,17H,5H2,1-2H3. The van der Waals surface area contributed by atoms with E-state index in [4.69, 9.17) is 0 Å². The molecule has 0 aliphatic heterocycles. The zero-order valence-electron chi connectivity index (χ0n) is 9.62. The third kappa shape index (κ3) is 2.96. The minimum Gasteiger partial charge on any atom is -0.389 e. The van der Waals surface area contributed by atoms with E-state index in [0.717, 1.165) is 0 Å². The first kappa shape index (κ1) is 14.0. The van der Waals surface area contributed by atoms with Crippen LogP contribution in [0.15, 0.2) is 12.1 Å². The van der Waals surface area contributed by atoms with Crippen molar-refractivity contribution in [3.8, 4) is 0 Å². The molecule has 1 aromatic carbocycles. The number of rotatable bonds is 4. The Morgan fingerprint density at radius 3 is 2.41 bits per heavy atom. The normalized spacial score (nSPS) is 14.4. The van der Waals surface area contributed by atoms with Crippen LogP contribution in [0.4, 0.5) is 5.69 Å². The molecule has 1 rings (SSSR count). The summed E-state index contributed by atoms with van der Waals surface area (Å²) in [4.78, 5) is 10.3. The van der Waals surface area contributed by atoms with Crippen molar-refractivity contribution >= 4 is 18.3 Å². The molecule has 2 unspecified atom stereocenters. The van der Waals surface area contributed by atoms with Crippen molar-refractivity contribution < 1.29 is 15.1 Å². The second kappa shape index (κ2) is 5.48. The van der Waals surface area contributed by atoms with E-state index in [-0.39, 0.29) is 11.4 Å². The van der Waals surface area contributed by atoms with Gasteiger partial charge in [-0.25, -0.2) is 0 Å². The quantitative estimate of drug-likeness (QED) is 0.434. The molecule has 0 spiro atoms. The van der Waals surface area contributed by atoms with E-state index in [1.54, 1.807) is 19.9 Å². The van der Waals surface area contributed by atoms with Crippen LogP contribution in [0, 0.1) is 24.0 Å². The molecule has 5 nitrogen and oxygen atoms in total. The van der Waals surface area contributed by atoms with Crippen LogP contribution in [0.1, 0.15) is 22.8 Å². The number of thiol groups is 1. The van der Waals surface area contributed by atoms with E-state index in [0.29, 0.717) is 16.7 Å². The van der Waals surface area contributed by atoms with Gasteiger partial charge >= 0.3 is 0 Å². The lowest BCUT2D eigenvalue weighted by atomic mass is 9.97. The molecular weight excluding hydrogens is 242 g/mol. The van der Waals surface area contributed by atoms with Crippen LogP contribution in [0.2, 0.25) is 0 Å². The van der Waals surface area contributed by atoms with Gasteiger partial charge in [0, 0.05) is 17.4 Å². The van der Waals surface area contributed by atoms with E-state index in [2.05, 4.69) is 12.6 Å². The molecule has 2 N–H and O–H groups in total. The first-order valence-electron chi connectivity index (χ1n) is 5.11. The number of aliphatic hydroxyl groups is 2. The Morgan fingerprint density at radius 1 is 1.35 bits per heavy atom. The molecule has 0 bridgehead atoms. The van der Waals surface area contributed by atoms with Gasteiger partial charge in [0.2, 0.25) is 0 Å². The number of hydrogen-bond acceptors (Lipinski definition) is 5. The molecule has 17 heavy (non-hydrogen) atoms. The third-order valence-electron chi connectivity index (χ3n) is 2.65. The first-order chi connectivity index (χ1) is 7.88. The molecular formula is C11H15NO4S. The summed E-state index contributed by atoms with van der Waals surface area (Å²) in [5.41, 5.74) is 1.55. The lowest BCUT2D eigenvalue weighted by Gasteiger charge is -2.18. The molecule has 0 radical (unpaired) electrons. The second-order valence-electron chi connectivity index (χ2n) is 3.95. The molecule has 2 atom stereocenters. The predicted molar refractivity (Wildman–Crippen MR) is 67.4 cm³/mol. The highest BCUT2D eigenvalue weighted by molar-refractivity contribution is 7.80. The Balaban J connectivity index is 3.24. The van der Waals surface area contributed by atoms with E-state index < -0.39 is 17.1 Å². The summed E-state index contributed by atoms with van der Waals surface area (Å²) in [6, 6.07) is 2.93. The minimum absolute atomic E-state index is 0.0592. The topological polar surface area (TPSA) is 83.6 Å². The van der Waals surface area contributed by atoms with Gasteiger partial charge < -0.3 is 10.2 Å². The Bertz CT molecular complexity index is 436. The van der Waals surface area contributed by atoms with Crippen LogP contribution in [-0.2, 0) is 0 Å². The van der Waals surface area contributed by atoms with Gasteiger partial charge in [0.1, 0.15) is 6.10 Å². The van der Waals surface area contributed by atoms with Crippen LogP contribution >= 0.6 is 12.6 Å². The predicted octanol–water partition coefficient (Wildman–Crippen LogP) is 1.54. The van der Waals surface area contributed by atoms with Crippen LogP contribution in [0.25, 0.3) is 0 Å².